The van der Waals surface area contributed by atoms with Crippen LogP contribution in [0.25, 0.3) is 0 Å². The van der Waals surface area contributed by atoms with Gasteiger partial charge in [-0.25, -0.2) is 0 Å². The number of rotatable bonds is 26. The molecule has 14 nitrogen and oxygen atoms in total. The average molecular weight is 782 g/mol. The minimum atomic E-state index is -1.80. The molecule has 0 aromatic heterocycles. The van der Waals surface area contributed by atoms with Gasteiger partial charge in [0.15, 0.2) is 12.6 Å². The molecule has 9 N–H and O–H groups in total. The Bertz CT molecular complexity index is 1200. The fraction of sp³-hybridized carbons (Fsp3) is 0.683. The molecule has 0 aromatic rings. The molecule has 314 valence electrons. The third-order valence-electron chi connectivity index (χ3n) is 9.14. The molecule has 2 aliphatic heterocycles. The van der Waals surface area contributed by atoms with Crippen molar-refractivity contribution in [1.82, 2.24) is 5.32 Å². The Morgan fingerprint density at radius 3 is 1.87 bits per heavy atom. The third-order valence-corrected chi connectivity index (χ3v) is 9.14. The summed E-state index contributed by atoms with van der Waals surface area (Å²) < 4.78 is 22.4. The molecular weight excluding hydrogens is 714 g/mol. The highest BCUT2D eigenvalue weighted by molar-refractivity contribution is 5.76. The van der Waals surface area contributed by atoms with Gasteiger partial charge in [0.25, 0.3) is 0 Å². The molecule has 12 unspecified atom stereocenters. The number of unbranched alkanes of at least 4 members (excludes halogenated alkanes) is 3. The normalized spacial score (nSPS) is 30.5. The summed E-state index contributed by atoms with van der Waals surface area (Å²) in [5, 5.41) is 85.9. The van der Waals surface area contributed by atoms with E-state index in [4.69, 9.17) is 18.9 Å². The number of amides is 1. The molecule has 55 heavy (non-hydrogen) atoms. The number of ether oxygens (including phenoxy) is 4. The molecule has 0 bridgehead atoms. The van der Waals surface area contributed by atoms with E-state index in [9.17, 15) is 45.6 Å². The number of hydrogen-bond acceptors (Lipinski definition) is 13. The molecule has 14 heteroatoms. The second kappa shape index (κ2) is 28.8. The Kier molecular flexibility index (Phi) is 25.4. The smallest absolute Gasteiger partial charge is 0.220 e. The van der Waals surface area contributed by atoms with Crippen molar-refractivity contribution in [3.8, 4) is 0 Å². The Labute approximate surface area is 326 Å². The van der Waals surface area contributed by atoms with Crippen LogP contribution < -0.4 is 5.32 Å². The lowest BCUT2D eigenvalue weighted by atomic mass is 9.97. The number of aliphatic hydroxyl groups excluding tert-OH is 8. The molecule has 0 aromatic carbocycles. The molecule has 2 rings (SSSR count). The highest BCUT2D eigenvalue weighted by Crippen LogP contribution is 2.29. The zero-order valence-corrected chi connectivity index (χ0v) is 32.4. The standard InChI is InChI=1S/C41H67NO13/c1-3-5-7-9-11-13-14-15-16-17-19-21-23-25-33(46)42-29(30(45)24-22-20-18-12-10-8-6-4-2)28-52-40-38(51)36(49)39(32(27-44)54-40)55-41-37(50)35(48)34(47)31(26-43)53-41/h5,7,10-13,15-16,19,21-22,24,29-32,34-41,43-45,47-51H,3-4,6,8-9,14,17-18,20,23,25-28H2,1-2H3,(H,42,46)/b7-5-,12-10+,13-11-,16-15-,21-19-,24-22+. The van der Waals surface area contributed by atoms with Gasteiger partial charge in [-0.15, -0.1) is 0 Å². The zero-order valence-electron chi connectivity index (χ0n) is 32.4. The Hall–Kier alpha value is -2.57. The van der Waals surface area contributed by atoms with Gasteiger partial charge in [-0.05, 0) is 51.4 Å². The summed E-state index contributed by atoms with van der Waals surface area (Å²) in [5.74, 6) is -0.339. The summed E-state index contributed by atoms with van der Waals surface area (Å²) in [6.45, 7) is 2.45. The van der Waals surface area contributed by atoms with Gasteiger partial charge in [0.05, 0.1) is 32.0 Å². The van der Waals surface area contributed by atoms with Crippen molar-refractivity contribution in [2.24, 2.45) is 0 Å². The highest BCUT2D eigenvalue weighted by Gasteiger charge is 2.50. The topological polar surface area (TPSA) is 228 Å². The largest absolute Gasteiger partial charge is 0.394 e. The molecule has 1 amide bonds. The van der Waals surface area contributed by atoms with Crippen molar-refractivity contribution in [1.29, 1.82) is 0 Å². The van der Waals surface area contributed by atoms with Crippen LogP contribution in [0.5, 0.6) is 0 Å². The fourth-order valence-corrected chi connectivity index (χ4v) is 5.83. The van der Waals surface area contributed by atoms with Crippen molar-refractivity contribution in [3.05, 3.63) is 72.9 Å². The molecule has 12 atom stereocenters. The monoisotopic (exact) mass is 781 g/mol. The molecule has 2 heterocycles. The SMILES string of the molecule is CC/C=C\C/C=C\C/C=C\C/C=C\CCC(=O)NC(COC1OC(CO)C(OC2OC(CO)C(O)C(O)C2O)C(O)C1O)C(O)/C=C/CC/C=C/CCCC. The van der Waals surface area contributed by atoms with Gasteiger partial charge in [-0.1, -0.05) is 99.6 Å². The summed E-state index contributed by atoms with van der Waals surface area (Å²) in [4.78, 5) is 13.0. The maximum Gasteiger partial charge on any atom is 0.220 e. The molecule has 2 fully saturated rings. The van der Waals surface area contributed by atoms with E-state index < -0.39 is 86.8 Å². The lowest BCUT2D eigenvalue weighted by molar-refractivity contribution is -0.359. The minimum Gasteiger partial charge on any atom is -0.394 e. The minimum absolute atomic E-state index is 0.147. The van der Waals surface area contributed by atoms with E-state index in [2.05, 4.69) is 67.8 Å². The first-order valence-corrected chi connectivity index (χ1v) is 19.7. The predicted octanol–water partition coefficient (Wildman–Crippen LogP) is 2.14. The number of hydrogen-bond donors (Lipinski definition) is 9. The van der Waals surface area contributed by atoms with Gasteiger partial charge in [-0.3, -0.25) is 4.79 Å². The van der Waals surface area contributed by atoms with Crippen molar-refractivity contribution in [2.45, 2.75) is 158 Å². The van der Waals surface area contributed by atoms with E-state index in [0.29, 0.717) is 12.8 Å². The molecule has 2 saturated heterocycles. The Morgan fingerprint density at radius 1 is 0.673 bits per heavy atom. The zero-order chi connectivity index (χ0) is 40.4. The third kappa shape index (κ3) is 18.1. The summed E-state index contributed by atoms with van der Waals surface area (Å²) >= 11 is 0. The average Bonchev–Trinajstić information content (AvgIpc) is 3.18. The number of carbonyl (C=O) groups excluding carboxylic acids is 1. The van der Waals surface area contributed by atoms with Crippen LogP contribution in [0.2, 0.25) is 0 Å². The summed E-state index contributed by atoms with van der Waals surface area (Å²) in [5.41, 5.74) is 0. The van der Waals surface area contributed by atoms with E-state index in [1.54, 1.807) is 6.08 Å². The molecule has 0 saturated carbocycles. The van der Waals surface area contributed by atoms with Crippen LogP contribution in [0.3, 0.4) is 0 Å². The van der Waals surface area contributed by atoms with E-state index in [0.717, 1.165) is 51.4 Å². The molecular formula is C41H67NO13. The van der Waals surface area contributed by atoms with Gasteiger partial charge < -0.3 is 65.1 Å². The quantitative estimate of drug-likeness (QED) is 0.0454. The van der Waals surface area contributed by atoms with Gasteiger partial charge in [0, 0.05) is 6.42 Å². The first-order chi connectivity index (χ1) is 26.6. The van der Waals surface area contributed by atoms with Crippen LogP contribution in [0, 0.1) is 0 Å². The van der Waals surface area contributed by atoms with Crippen LogP contribution in [-0.2, 0) is 23.7 Å². The summed E-state index contributed by atoms with van der Waals surface area (Å²) in [6.07, 6.45) is 15.8. The second-order valence-corrected chi connectivity index (χ2v) is 13.7. The highest BCUT2D eigenvalue weighted by atomic mass is 16.7. The predicted molar refractivity (Wildman–Crippen MR) is 207 cm³/mol. The van der Waals surface area contributed by atoms with Gasteiger partial charge in [0.2, 0.25) is 5.91 Å². The van der Waals surface area contributed by atoms with Crippen LogP contribution in [-0.4, -0.2) is 140 Å². The van der Waals surface area contributed by atoms with Gasteiger partial charge in [-0.2, -0.15) is 0 Å². The number of nitrogens with one attached hydrogen (secondary N) is 1. The van der Waals surface area contributed by atoms with E-state index in [-0.39, 0.29) is 18.9 Å². The van der Waals surface area contributed by atoms with E-state index in [1.165, 1.54) is 0 Å². The fourth-order valence-electron chi connectivity index (χ4n) is 5.83. The first kappa shape index (κ1) is 48.6. The van der Waals surface area contributed by atoms with E-state index >= 15 is 0 Å². The van der Waals surface area contributed by atoms with Crippen molar-refractivity contribution in [3.63, 3.8) is 0 Å². The maximum atomic E-state index is 13.0. The van der Waals surface area contributed by atoms with Crippen molar-refractivity contribution >= 4 is 5.91 Å². The number of allylic oxidation sites excluding steroid dienone is 11. The maximum absolute atomic E-state index is 13.0. The van der Waals surface area contributed by atoms with Crippen LogP contribution in [0.15, 0.2) is 72.9 Å². The Morgan fingerprint density at radius 2 is 1.24 bits per heavy atom. The lowest BCUT2D eigenvalue weighted by Gasteiger charge is -2.46. The first-order valence-electron chi connectivity index (χ1n) is 19.7. The lowest BCUT2D eigenvalue weighted by Crippen LogP contribution is -2.65. The second-order valence-electron chi connectivity index (χ2n) is 13.7. The molecule has 0 aliphatic carbocycles. The summed E-state index contributed by atoms with van der Waals surface area (Å²) in [6, 6.07) is -0.968. The van der Waals surface area contributed by atoms with Crippen LogP contribution in [0.4, 0.5) is 0 Å². The van der Waals surface area contributed by atoms with Crippen LogP contribution in [0.1, 0.15) is 84.5 Å². The van der Waals surface area contributed by atoms with Gasteiger partial charge >= 0.3 is 0 Å². The molecule has 0 radical (unpaired) electrons. The molecule has 0 spiro atoms. The molecule has 2 aliphatic rings. The van der Waals surface area contributed by atoms with Crippen molar-refractivity contribution in [2.75, 3.05) is 19.8 Å². The number of aliphatic hydroxyl groups is 8. The van der Waals surface area contributed by atoms with Gasteiger partial charge in [0.1, 0.15) is 48.8 Å². The Balaban J connectivity index is 2.00. The van der Waals surface area contributed by atoms with E-state index in [1.807, 2.05) is 18.2 Å². The van der Waals surface area contributed by atoms with Crippen LogP contribution >= 0.6 is 0 Å². The van der Waals surface area contributed by atoms with Crippen molar-refractivity contribution < 1.29 is 64.6 Å². The summed E-state index contributed by atoms with van der Waals surface area (Å²) in [7, 11) is 0. The number of carbonyl (C=O) groups is 1.